The Hall–Kier alpha value is -1.22. The number of benzene rings is 2. The van der Waals surface area contributed by atoms with E-state index in [2.05, 4.69) is 25.5 Å². The van der Waals surface area contributed by atoms with Crippen molar-refractivity contribution in [1.82, 2.24) is 0 Å². The summed E-state index contributed by atoms with van der Waals surface area (Å²) in [4.78, 5) is 11.4. The Labute approximate surface area is 154 Å². The maximum atomic E-state index is 12.9. The quantitative estimate of drug-likeness (QED) is 0.332. The van der Waals surface area contributed by atoms with Gasteiger partial charge in [-0.15, -0.1) is 0 Å². The predicted molar refractivity (Wildman–Crippen MR) is 98.7 cm³/mol. The number of carbonyl (C=O) groups excluding carboxylic acids is 1. The first kappa shape index (κ1) is 17.6. The smallest absolute Gasteiger partial charge is 0.307 e. The Bertz CT molecular complexity index is 766. The summed E-state index contributed by atoms with van der Waals surface area (Å²) in [5.41, 5.74) is 2.49. The minimum Gasteiger partial charge on any atom is -0.307 e. The molecule has 126 valence electrons. The highest BCUT2D eigenvalue weighted by molar-refractivity contribution is 14.2. The zero-order valence-corrected chi connectivity index (χ0v) is 15.4. The van der Waals surface area contributed by atoms with Gasteiger partial charge in [-0.1, -0.05) is 30.3 Å². The lowest BCUT2D eigenvalue weighted by atomic mass is 9.90. The number of hydrogen-bond acceptors (Lipinski definition) is 3. The van der Waals surface area contributed by atoms with Gasteiger partial charge in [0.05, 0.1) is 11.3 Å². The van der Waals surface area contributed by atoms with Crippen LogP contribution in [0.4, 0.5) is 18.9 Å². The molecule has 2 aromatic rings. The molecule has 0 saturated carbocycles. The summed E-state index contributed by atoms with van der Waals surface area (Å²) in [6.07, 6.45) is -3.06. The van der Waals surface area contributed by atoms with Crippen molar-refractivity contribution in [3.05, 3.63) is 64.7 Å². The number of anilines is 1. The van der Waals surface area contributed by atoms with E-state index < -0.39 is 11.7 Å². The lowest BCUT2D eigenvalue weighted by molar-refractivity contribution is -0.137. The summed E-state index contributed by atoms with van der Waals surface area (Å²) in [5, 5.41) is 0. The van der Waals surface area contributed by atoms with Gasteiger partial charge in [0, 0.05) is 48.4 Å². The first-order chi connectivity index (χ1) is 11.4. The van der Waals surface area contributed by atoms with Gasteiger partial charge in [0.2, 0.25) is 0 Å². The van der Waals surface area contributed by atoms with Crippen LogP contribution >= 0.6 is 30.3 Å². The Kier molecular flexibility index (Phi) is 5.10. The van der Waals surface area contributed by atoms with Crippen molar-refractivity contribution < 1.29 is 18.0 Å². The molecule has 0 aliphatic carbocycles. The molecule has 0 N–H and O–H groups in total. The van der Waals surface area contributed by atoms with Crippen LogP contribution < -0.4 is 4.31 Å². The largest absolute Gasteiger partial charge is 0.416 e. The van der Waals surface area contributed by atoms with E-state index in [9.17, 15) is 18.0 Å². The molecule has 0 bridgehead atoms. The van der Waals surface area contributed by atoms with Crippen LogP contribution in [0.25, 0.3) is 0 Å². The summed E-state index contributed by atoms with van der Waals surface area (Å²) in [5.74, 6) is -0.00727. The molecule has 0 aromatic heterocycles. The SMILES string of the molecule is O=Cc1cccc2c1[C@@H](Cc1cccc(C(F)(F)F)c1)CN2SI. The topological polar surface area (TPSA) is 20.3 Å². The lowest BCUT2D eigenvalue weighted by Gasteiger charge is -2.15. The van der Waals surface area contributed by atoms with Gasteiger partial charge < -0.3 is 4.31 Å². The average molecular weight is 463 g/mol. The highest BCUT2D eigenvalue weighted by atomic mass is 127. The molecule has 0 unspecified atom stereocenters. The third kappa shape index (κ3) is 3.42. The summed E-state index contributed by atoms with van der Waals surface area (Å²) >= 11 is 2.17. The van der Waals surface area contributed by atoms with Crippen molar-refractivity contribution in [2.24, 2.45) is 0 Å². The number of rotatable bonds is 4. The first-order valence-corrected chi connectivity index (χ1v) is 10.6. The van der Waals surface area contributed by atoms with E-state index in [1.165, 1.54) is 21.3 Å². The van der Waals surface area contributed by atoms with E-state index in [4.69, 9.17) is 0 Å². The van der Waals surface area contributed by atoms with Crippen LogP contribution in [0.5, 0.6) is 0 Å². The minimum atomic E-state index is -4.35. The summed E-state index contributed by atoms with van der Waals surface area (Å²) < 4.78 is 40.8. The predicted octanol–water partition coefficient (Wildman–Crippen LogP) is 5.66. The molecule has 2 aromatic carbocycles. The van der Waals surface area contributed by atoms with Crippen LogP contribution in [0.2, 0.25) is 0 Å². The zero-order chi connectivity index (χ0) is 17.3. The second kappa shape index (κ2) is 6.95. The van der Waals surface area contributed by atoms with E-state index in [0.29, 0.717) is 24.1 Å². The van der Waals surface area contributed by atoms with E-state index in [1.807, 2.05) is 12.1 Å². The van der Waals surface area contributed by atoms with Gasteiger partial charge in [-0.3, -0.25) is 4.79 Å². The lowest BCUT2D eigenvalue weighted by Crippen LogP contribution is -2.13. The van der Waals surface area contributed by atoms with Crippen molar-refractivity contribution in [2.45, 2.75) is 18.5 Å². The number of carbonyl (C=O) groups is 1. The van der Waals surface area contributed by atoms with Gasteiger partial charge in [-0.2, -0.15) is 13.2 Å². The van der Waals surface area contributed by atoms with Crippen LogP contribution in [0.1, 0.15) is 33.0 Å². The highest BCUT2D eigenvalue weighted by Crippen LogP contribution is 2.44. The van der Waals surface area contributed by atoms with Crippen LogP contribution in [-0.4, -0.2) is 12.8 Å². The molecule has 0 saturated heterocycles. The summed E-state index contributed by atoms with van der Waals surface area (Å²) in [6, 6.07) is 10.9. The summed E-state index contributed by atoms with van der Waals surface area (Å²) in [7, 11) is 1.52. The number of hydrogen-bond donors (Lipinski definition) is 0. The van der Waals surface area contributed by atoms with Crippen LogP contribution in [0.3, 0.4) is 0 Å². The molecule has 0 fully saturated rings. The van der Waals surface area contributed by atoms with Crippen molar-refractivity contribution >= 4 is 42.3 Å². The monoisotopic (exact) mass is 463 g/mol. The number of halogens is 4. The fraction of sp³-hybridized carbons (Fsp3) is 0.235. The minimum absolute atomic E-state index is 0.00727. The van der Waals surface area contributed by atoms with Crippen LogP contribution in [-0.2, 0) is 12.6 Å². The average Bonchev–Trinajstić information content (AvgIpc) is 2.92. The molecule has 1 aliphatic heterocycles. The normalized spacial score (nSPS) is 17.0. The molecule has 7 heteroatoms. The maximum Gasteiger partial charge on any atom is 0.416 e. The van der Waals surface area contributed by atoms with Gasteiger partial charge in [0.1, 0.15) is 6.29 Å². The van der Waals surface area contributed by atoms with Gasteiger partial charge in [0.25, 0.3) is 0 Å². The molecule has 24 heavy (non-hydrogen) atoms. The van der Waals surface area contributed by atoms with Crippen molar-refractivity contribution in [1.29, 1.82) is 0 Å². The maximum absolute atomic E-state index is 12.9. The van der Waals surface area contributed by atoms with Crippen LogP contribution in [0, 0.1) is 0 Å². The van der Waals surface area contributed by atoms with E-state index in [0.717, 1.165) is 23.6 Å². The second-order valence-corrected chi connectivity index (χ2v) is 7.39. The molecule has 3 rings (SSSR count). The summed E-state index contributed by atoms with van der Waals surface area (Å²) in [6.45, 7) is 0.671. The number of nitrogens with zero attached hydrogens (tertiary/aromatic N) is 1. The van der Waals surface area contributed by atoms with Gasteiger partial charge in [-0.25, -0.2) is 0 Å². The van der Waals surface area contributed by atoms with Gasteiger partial charge in [0.15, 0.2) is 0 Å². The number of alkyl halides is 3. The molecule has 1 atom stereocenters. The number of aldehydes is 1. The molecular weight excluding hydrogens is 450 g/mol. The Balaban J connectivity index is 1.94. The number of fused-ring (bicyclic) bond motifs is 1. The fourth-order valence-electron chi connectivity index (χ4n) is 3.12. The van der Waals surface area contributed by atoms with Crippen molar-refractivity contribution in [2.75, 3.05) is 10.8 Å². The zero-order valence-electron chi connectivity index (χ0n) is 12.4. The second-order valence-electron chi connectivity index (χ2n) is 5.63. The fourth-order valence-corrected chi connectivity index (χ4v) is 4.71. The van der Waals surface area contributed by atoms with Gasteiger partial charge in [-0.05, 0) is 29.7 Å². The standard InChI is InChI=1S/C17H13F3INOS/c18-17(19,20)14-5-1-3-11(8-14)7-13-9-22(24-21)15-6-2-4-12(10-23)16(13)15/h1-6,8,10,13H,7,9H2/t13-/m0/s1. The van der Waals surface area contributed by atoms with E-state index in [-0.39, 0.29) is 5.92 Å². The molecule has 1 aliphatic rings. The third-order valence-corrected chi connectivity index (χ3v) is 6.07. The van der Waals surface area contributed by atoms with Crippen LogP contribution in [0.15, 0.2) is 42.5 Å². The van der Waals surface area contributed by atoms with Crippen molar-refractivity contribution in [3.8, 4) is 0 Å². The Morgan fingerprint density at radius 3 is 2.67 bits per heavy atom. The Morgan fingerprint density at radius 1 is 1.25 bits per heavy atom. The first-order valence-electron chi connectivity index (χ1n) is 7.24. The molecule has 0 amide bonds. The molecular formula is C17H13F3INOS. The molecule has 0 radical (unpaired) electrons. The molecule has 1 heterocycles. The van der Waals surface area contributed by atoms with Crippen molar-refractivity contribution in [3.63, 3.8) is 0 Å². The van der Waals surface area contributed by atoms with Gasteiger partial charge >= 0.3 is 6.18 Å². The molecule has 2 nitrogen and oxygen atoms in total. The Morgan fingerprint density at radius 2 is 2.00 bits per heavy atom. The third-order valence-electron chi connectivity index (χ3n) is 4.13. The highest BCUT2D eigenvalue weighted by Gasteiger charge is 2.33. The molecule has 0 spiro atoms. The van der Waals surface area contributed by atoms with E-state index >= 15 is 0 Å². The van der Waals surface area contributed by atoms with E-state index in [1.54, 1.807) is 12.1 Å².